The van der Waals surface area contributed by atoms with E-state index in [0.29, 0.717) is 13.1 Å². The molecule has 0 heterocycles. The third-order valence-electron chi connectivity index (χ3n) is 2.28. The van der Waals surface area contributed by atoms with E-state index in [9.17, 15) is 5.21 Å². The molecule has 0 radical (unpaired) electrons. The topological polar surface area (TPSA) is 20.2 Å². The normalized spacial score (nSPS) is 11.6. The van der Waals surface area contributed by atoms with Crippen molar-refractivity contribution in [2.75, 3.05) is 13.1 Å². The molecule has 2 nitrogen and oxygen atoms in total. The molecule has 0 bridgehead atoms. The molecule has 0 atom stereocenters. The summed E-state index contributed by atoms with van der Waals surface area (Å²) in [5.74, 6) is 0. The van der Waals surface area contributed by atoms with Crippen molar-refractivity contribution >= 4 is 5.69 Å². The highest BCUT2D eigenvalue weighted by atomic mass is 16.5. The Morgan fingerprint density at radius 3 is 2.00 bits per heavy atom. The van der Waals surface area contributed by atoms with Gasteiger partial charge >= 0.3 is 0 Å². The Balaban J connectivity index is 2.95. The van der Waals surface area contributed by atoms with Gasteiger partial charge in [0.1, 0.15) is 13.1 Å². The summed E-state index contributed by atoms with van der Waals surface area (Å²) in [6, 6.07) is 9.76. The van der Waals surface area contributed by atoms with Crippen LogP contribution in [0.15, 0.2) is 30.3 Å². The maximum absolute atomic E-state index is 10.0. The summed E-state index contributed by atoms with van der Waals surface area (Å²) in [4.78, 5) is 0. The monoisotopic (exact) mass is 166 g/mol. The number of hydrogen-bond acceptors (Lipinski definition) is 1. The summed E-state index contributed by atoms with van der Waals surface area (Å²) in [6.07, 6.45) is 0. The molecule has 66 valence electrons. The molecule has 1 N–H and O–H groups in total. The largest absolute Gasteiger partial charge is 0.212 e. The maximum atomic E-state index is 10.0. The fourth-order valence-corrected chi connectivity index (χ4v) is 1.29. The van der Waals surface area contributed by atoms with Crippen LogP contribution in [0.25, 0.3) is 0 Å². The molecule has 2 heteroatoms. The third kappa shape index (κ3) is 1.65. The minimum atomic E-state index is 0.0286. The van der Waals surface area contributed by atoms with E-state index in [4.69, 9.17) is 0 Å². The SMILES string of the molecule is CC[N+](O)(CC)c1ccccc1. The summed E-state index contributed by atoms with van der Waals surface area (Å²) in [6.45, 7) is 5.38. The molecule has 0 spiro atoms. The predicted molar refractivity (Wildman–Crippen MR) is 51.1 cm³/mol. The van der Waals surface area contributed by atoms with Gasteiger partial charge in [0.15, 0.2) is 5.69 Å². The number of nitrogens with zero attached hydrogens (tertiary/aromatic N) is 1. The first-order valence-electron chi connectivity index (χ1n) is 4.38. The van der Waals surface area contributed by atoms with Crippen molar-refractivity contribution < 1.29 is 5.21 Å². The Bertz CT molecular complexity index is 229. The lowest BCUT2D eigenvalue weighted by atomic mass is 10.3. The van der Waals surface area contributed by atoms with Gasteiger partial charge in [0.05, 0.1) is 0 Å². The zero-order valence-electron chi connectivity index (χ0n) is 7.70. The zero-order valence-corrected chi connectivity index (χ0v) is 7.70. The summed E-state index contributed by atoms with van der Waals surface area (Å²) in [7, 11) is 0. The molecule has 0 aliphatic rings. The van der Waals surface area contributed by atoms with E-state index in [1.54, 1.807) is 0 Å². The van der Waals surface area contributed by atoms with Gasteiger partial charge in [-0.1, -0.05) is 18.2 Å². The first-order chi connectivity index (χ1) is 5.73. The first-order valence-corrected chi connectivity index (χ1v) is 4.38. The van der Waals surface area contributed by atoms with Gasteiger partial charge < -0.3 is 0 Å². The second-order valence-electron chi connectivity index (χ2n) is 2.89. The van der Waals surface area contributed by atoms with Crippen LogP contribution in [0.4, 0.5) is 5.69 Å². The van der Waals surface area contributed by atoms with Gasteiger partial charge in [-0.05, 0) is 13.8 Å². The van der Waals surface area contributed by atoms with Crippen molar-refractivity contribution in [3.05, 3.63) is 30.3 Å². The number of quaternary nitrogens is 1. The van der Waals surface area contributed by atoms with Gasteiger partial charge in [-0.2, -0.15) is 4.65 Å². The minimum Gasteiger partial charge on any atom is -0.212 e. The van der Waals surface area contributed by atoms with Crippen LogP contribution in [0, 0.1) is 0 Å². The maximum Gasteiger partial charge on any atom is 0.165 e. The number of benzene rings is 1. The van der Waals surface area contributed by atoms with Crippen LogP contribution < -0.4 is 4.65 Å². The average molecular weight is 166 g/mol. The quantitative estimate of drug-likeness (QED) is 0.540. The lowest BCUT2D eigenvalue weighted by molar-refractivity contribution is -0.0709. The molecule has 0 aliphatic carbocycles. The average Bonchev–Trinajstić information content (AvgIpc) is 2.18. The molecule has 0 aromatic heterocycles. The molecule has 0 unspecified atom stereocenters. The van der Waals surface area contributed by atoms with E-state index in [2.05, 4.69) is 0 Å². The van der Waals surface area contributed by atoms with Crippen molar-refractivity contribution in [1.29, 1.82) is 0 Å². The second kappa shape index (κ2) is 3.70. The smallest absolute Gasteiger partial charge is 0.165 e. The number of hydrogen-bond donors (Lipinski definition) is 1. The fraction of sp³-hybridized carbons (Fsp3) is 0.400. The fourth-order valence-electron chi connectivity index (χ4n) is 1.29. The molecule has 0 fully saturated rings. The molecule has 1 aromatic carbocycles. The van der Waals surface area contributed by atoms with E-state index in [0.717, 1.165) is 5.69 Å². The Morgan fingerprint density at radius 1 is 1.08 bits per heavy atom. The van der Waals surface area contributed by atoms with E-state index in [1.165, 1.54) is 0 Å². The summed E-state index contributed by atoms with van der Waals surface area (Å²) >= 11 is 0. The van der Waals surface area contributed by atoms with Gasteiger partial charge in [0, 0.05) is 12.1 Å². The van der Waals surface area contributed by atoms with E-state index >= 15 is 0 Å². The van der Waals surface area contributed by atoms with E-state index in [-0.39, 0.29) is 4.65 Å². The van der Waals surface area contributed by atoms with Crippen LogP contribution >= 0.6 is 0 Å². The highest BCUT2D eigenvalue weighted by Crippen LogP contribution is 2.18. The summed E-state index contributed by atoms with van der Waals surface area (Å²) in [5, 5.41) is 10.0. The summed E-state index contributed by atoms with van der Waals surface area (Å²) in [5.41, 5.74) is 0.961. The van der Waals surface area contributed by atoms with Crippen molar-refractivity contribution in [2.45, 2.75) is 13.8 Å². The van der Waals surface area contributed by atoms with Crippen molar-refractivity contribution in [2.24, 2.45) is 0 Å². The number of rotatable bonds is 3. The van der Waals surface area contributed by atoms with Crippen LogP contribution in [-0.2, 0) is 0 Å². The predicted octanol–water partition coefficient (Wildman–Crippen LogP) is 2.42. The lowest BCUT2D eigenvalue weighted by Crippen LogP contribution is -2.45. The van der Waals surface area contributed by atoms with Crippen LogP contribution in [0.5, 0.6) is 0 Å². The molecule has 0 aliphatic heterocycles. The van der Waals surface area contributed by atoms with Crippen LogP contribution in [0.3, 0.4) is 0 Å². The van der Waals surface area contributed by atoms with Crippen molar-refractivity contribution in [3.63, 3.8) is 0 Å². The highest BCUT2D eigenvalue weighted by Gasteiger charge is 2.23. The van der Waals surface area contributed by atoms with Gasteiger partial charge in [-0.15, -0.1) is 0 Å². The van der Waals surface area contributed by atoms with Gasteiger partial charge in [0.2, 0.25) is 0 Å². The Morgan fingerprint density at radius 2 is 1.58 bits per heavy atom. The Hall–Kier alpha value is -0.860. The third-order valence-corrected chi connectivity index (χ3v) is 2.28. The molecule has 12 heavy (non-hydrogen) atoms. The second-order valence-corrected chi connectivity index (χ2v) is 2.89. The first kappa shape index (κ1) is 9.23. The molecule has 0 saturated heterocycles. The molecular formula is C10H16NO+. The van der Waals surface area contributed by atoms with E-state index in [1.807, 2.05) is 44.2 Å². The molecular weight excluding hydrogens is 150 g/mol. The summed E-state index contributed by atoms with van der Waals surface area (Å²) < 4.78 is 0.0286. The highest BCUT2D eigenvalue weighted by molar-refractivity contribution is 5.39. The van der Waals surface area contributed by atoms with Gasteiger partial charge in [0.25, 0.3) is 0 Å². The van der Waals surface area contributed by atoms with Crippen molar-refractivity contribution in [3.8, 4) is 0 Å². The molecule has 1 aromatic rings. The molecule has 1 rings (SSSR count). The number of para-hydroxylation sites is 1. The molecule has 0 amide bonds. The number of hydroxylamine groups is 2. The van der Waals surface area contributed by atoms with Gasteiger partial charge in [-0.3, -0.25) is 0 Å². The standard InChI is InChI=1S/C10H16NO/c1-3-11(12,4-2)10-8-6-5-7-9-10/h5-9,12H,3-4H2,1-2H3/q+1. The Labute approximate surface area is 73.6 Å². The Kier molecular flexibility index (Phi) is 2.84. The molecule has 0 saturated carbocycles. The zero-order chi connectivity index (χ0) is 9.03. The van der Waals surface area contributed by atoms with Crippen LogP contribution in [-0.4, -0.2) is 18.3 Å². The van der Waals surface area contributed by atoms with Crippen LogP contribution in [0.1, 0.15) is 13.8 Å². The van der Waals surface area contributed by atoms with Gasteiger partial charge in [-0.25, -0.2) is 5.21 Å². The van der Waals surface area contributed by atoms with Crippen LogP contribution in [0.2, 0.25) is 0 Å². The van der Waals surface area contributed by atoms with E-state index < -0.39 is 0 Å². The lowest BCUT2D eigenvalue weighted by Gasteiger charge is -2.26. The van der Waals surface area contributed by atoms with Crippen molar-refractivity contribution in [1.82, 2.24) is 4.65 Å². The minimum absolute atomic E-state index is 0.0286.